The molecule has 0 aliphatic heterocycles. The number of hydrogen-bond donors (Lipinski definition) is 1. The summed E-state index contributed by atoms with van der Waals surface area (Å²) >= 11 is 9.56. The molecule has 38 valence electrons. The van der Waals surface area contributed by atoms with E-state index >= 15 is 0 Å². The first-order valence-electron chi connectivity index (χ1n) is 1.15. The number of hydrogen-bond acceptors (Lipinski definition) is 1. The molecule has 0 aromatic heterocycles. The molecule has 0 aliphatic carbocycles. The summed E-state index contributed by atoms with van der Waals surface area (Å²) in [4.78, 5) is 8.15. The summed E-state index contributed by atoms with van der Waals surface area (Å²) in [6, 6.07) is 0. The Bertz CT molecular complexity index is 69.1. The molecule has 0 saturated heterocycles. The van der Waals surface area contributed by atoms with E-state index in [0.717, 1.165) is 0 Å². The largest absolute Gasteiger partial charge is 1.00 e. The van der Waals surface area contributed by atoms with E-state index in [9.17, 15) is 4.79 Å². The smallest absolute Gasteiger partial charge is 1.00 e. The van der Waals surface area contributed by atoms with Crippen molar-refractivity contribution in [2.75, 3.05) is 0 Å². The van der Waals surface area contributed by atoms with E-state index < -0.39 is 10.8 Å². The predicted octanol–water partition coefficient (Wildman–Crippen LogP) is -2.01. The minimum Gasteiger partial charge on any atom is -1.00 e. The number of halogens is 2. The molecule has 0 saturated carbocycles. The first kappa shape index (κ1) is 11.5. The molecular formula is C2H3Cl2KO2. The van der Waals surface area contributed by atoms with Gasteiger partial charge in [0.15, 0.2) is 0 Å². The molecule has 2 nitrogen and oxygen atoms in total. The van der Waals surface area contributed by atoms with Crippen molar-refractivity contribution in [1.82, 2.24) is 0 Å². The van der Waals surface area contributed by atoms with Gasteiger partial charge in [0.1, 0.15) is 0 Å². The van der Waals surface area contributed by atoms with Crippen molar-refractivity contribution in [2.45, 2.75) is 4.84 Å². The normalized spacial score (nSPS) is 7.86. The number of alkyl halides is 2. The maximum absolute atomic E-state index is 9.44. The summed E-state index contributed by atoms with van der Waals surface area (Å²) in [6.07, 6.45) is 0. The maximum Gasteiger partial charge on any atom is 1.00 e. The zero-order valence-corrected chi connectivity index (χ0v) is 8.32. The van der Waals surface area contributed by atoms with Gasteiger partial charge in [-0.25, -0.2) is 4.79 Å². The first-order valence-corrected chi connectivity index (χ1v) is 2.03. The van der Waals surface area contributed by atoms with Crippen LogP contribution in [0.15, 0.2) is 0 Å². The quantitative estimate of drug-likeness (QED) is 0.364. The van der Waals surface area contributed by atoms with Crippen LogP contribution in [0.1, 0.15) is 1.43 Å². The van der Waals surface area contributed by atoms with Crippen LogP contribution in [0.2, 0.25) is 0 Å². The Kier molecular flexibility index (Phi) is 9.54. The van der Waals surface area contributed by atoms with E-state index in [1.807, 2.05) is 0 Å². The fourth-order valence-corrected chi connectivity index (χ4v) is 0. The molecule has 0 amide bonds. The molecule has 0 fully saturated rings. The van der Waals surface area contributed by atoms with Gasteiger partial charge < -0.3 is 6.53 Å². The molecule has 0 bridgehead atoms. The Morgan fingerprint density at radius 3 is 1.86 bits per heavy atom. The molecule has 0 rings (SSSR count). The van der Waals surface area contributed by atoms with Crippen LogP contribution in [0.3, 0.4) is 0 Å². The topological polar surface area (TPSA) is 37.3 Å². The molecule has 7 heavy (non-hydrogen) atoms. The zero-order chi connectivity index (χ0) is 5.15. The van der Waals surface area contributed by atoms with Crippen LogP contribution in [-0.4, -0.2) is 15.9 Å². The standard InChI is InChI=1S/C2H2Cl2O2.K.H/c3-1(4)2(5)6;;/h1H,(H,5,6);;/q;+1;-1. The van der Waals surface area contributed by atoms with Crippen molar-refractivity contribution < 1.29 is 62.7 Å². The monoisotopic (exact) mass is 168 g/mol. The third-order valence-corrected chi connectivity index (χ3v) is 0.560. The van der Waals surface area contributed by atoms with Crippen LogP contribution in [-0.2, 0) is 4.79 Å². The van der Waals surface area contributed by atoms with Crippen LogP contribution in [0.5, 0.6) is 0 Å². The summed E-state index contributed by atoms with van der Waals surface area (Å²) < 4.78 is 0. The molecule has 1 N–H and O–H groups in total. The Morgan fingerprint density at radius 2 is 1.86 bits per heavy atom. The van der Waals surface area contributed by atoms with Crippen molar-refractivity contribution in [3.63, 3.8) is 0 Å². The molecule has 5 heteroatoms. The second kappa shape index (κ2) is 5.82. The molecule has 0 unspecified atom stereocenters. The third kappa shape index (κ3) is 7.69. The molecule has 0 aromatic rings. The van der Waals surface area contributed by atoms with E-state index in [-0.39, 0.29) is 52.8 Å². The molecule has 0 atom stereocenters. The van der Waals surface area contributed by atoms with Crippen LogP contribution < -0.4 is 51.4 Å². The Labute approximate surface area is 95.1 Å². The van der Waals surface area contributed by atoms with Crippen molar-refractivity contribution in [2.24, 2.45) is 0 Å². The second-order valence-electron chi connectivity index (χ2n) is 0.639. The third-order valence-electron chi connectivity index (χ3n) is 0.187. The van der Waals surface area contributed by atoms with Gasteiger partial charge in [0, 0.05) is 0 Å². The van der Waals surface area contributed by atoms with E-state index in [4.69, 9.17) is 28.3 Å². The minimum atomic E-state index is -1.29. The molecule has 0 spiro atoms. The minimum absolute atomic E-state index is 0. The van der Waals surface area contributed by atoms with Gasteiger partial charge in [-0.05, 0) is 0 Å². The van der Waals surface area contributed by atoms with Gasteiger partial charge in [0.2, 0.25) is 4.84 Å². The van der Waals surface area contributed by atoms with E-state index in [0.29, 0.717) is 0 Å². The molecule has 0 heterocycles. The van der Waals surface area contributed by atoms with Gasteiger partial charge in [-0.3, -0.25) is 0 Å². The van der Waals surface area contributed by atoms with Crippen molar-refractivity contribution in [3.8, 4) is 0 Å². The molecule has 0 radical (unpaired) electrons. The van der Waals surface area contributed by atoms with Gasteiger partial charge in [-0.15, -0.1) is 0 Å². The maximum atomic E-state index is 9.44. The molecular weight excluding hydrogens is 166 g/mol. The van der Waals surface area contributed by atoms with Gasteiger partial charge in [-0.2, -0.15) is 0 Å². The summed E-state index contributed by atoms with van der Waals surface area (Å²) in [5, 5.41) is 7.73. The number of carboxylic acids is 1. The number of aliphatic carboxylic acids is 1. The fourth-order valence-electron chi connectivity index (χ4n) is 0. The van der Waals surface area contributed by atoms with Crippen LogP contribution in [0, 0.1) is 0 Å². The van der Waals surface area contributed by atoms with Gasteiger partial charge in [0.05, 0.1) is 0 Å². The Balaban J connectivity index is -0.000000125. The SMILES string of the molecule is O=C(O)C(Cl)Cl.[H-].[K+]. The van der Waals surface area contributed by atoms with E-state index in [2.05, 4.69) is 0 Å². The van der Waals surface area contributed by atoms with Crippen molar-refractivity contribution >= 4 is 29.2 Å². The zero-order valence-electron chi connectivity index (χ0n) is 4.69. The summed E-state index contributed by atoms with van der Waals surface area (Å²) in [7, 11) is 0. The Hall–Kier alpha value is 1.69. The molecule has 0 aromatic carbocycles. The van der Waals surface area contributed by atoms with Gasteiger partial charge >= 0.3 is 57.4 Å². The van der Waals surface area contributed by atoms with E-state index in [1.54, 1.807) is 0 Å². The summed E-state index contributed by atoms with van der Waals surface area (Å²) in [5.41, 5.74) is 0. The average molecular weight is 169 g/mol. The van der Waals surface area contributed by atoms with Crippen LogP contribution >= 0.6 is 23.2 Å². The second-order valence-corrected chi connectivity index (χ2v) is 1.74. The number of carboxylic acid groups (broad SMARTS) is 1. The van der Waals surface area contributed by atoms with Crippen molar-refractivity contribution in [3.05, 3.63) is 0 Å². The predicted molar refractivity (Wildman–Crippen MR) is 24.2 cm³/mol. The summed E-state index contributed by atoms with van der Waals surface area (Å²) in [5.74, 6) is -1.21. The summed E-state index contributed by atoms with van der Waals surface area (Å²) in [6.45, 7) is 0. The Morgan fingerprint density at radius 1 is 1.71 bits per heavy atom. The van der Waals surface area contributed by atoms with Crippen molar-refractivity contribution in [1.29, 1.82) is 0 Å². The fraction of sp³-hybridized carbons (Fsp3) is 0.500. The number of carbonyl (C=O) groups is 1. The first-order chi connectivity index (χ1) is 2.64. The number of rotatable bonds is 1. The van der Waals surface area contributed by atoms with Gasteiger partial charge in [0.25, 0.3) is 0 Å². The van der Waals surface area contributed by atoms with Gasteiger partial charge in [-0.1, -0.05) is 23.2 Å². The van der Waals surface area contributed by atoms with E-state index in [1.165, 1.54) is 0 Å². The van der Waals surface area contributed by atoms with Crippen LogP contribution in [0.4, 0.5) is 0 Å². The average Bonchev–Trinajstić information content (AvgIpc) is 1.36. The van der Waals surface area contributed by atoms with Crippen LogP contribution in [0.25, 0.3) is 0 Å². The molecule has 0 aliphatic rings.